The monoisotopic (exact) mass is 204 g/mol. The molecule has 0 aliphatic heterocycles. The Bertz CT molecular complexity index is 15.2. The molecule has 0 aromatic carbocycles. The number of hydrogen-bond donors (Lipinski definition) is 0. The van der Waals surface area contributed by atoms with Gasteiger partial charge in [-0.15, -0.1) is 0 Å². The van der Waals surface area contributed by atoms with Crippen LogP contribution in [0.15, 0.2) is 0 Å². The van der Waals surface area contributed by atoms with Gasteiger partial charge in [0.2, 0.25) is 0 Å². The Labute approximate surface area is 122 Å². The molecule has 0 heterocycles. The van der Waals surface area contributed by atoms with Gasteiger partial charge in [-0.3, -0.25) is 0 Å². The van der Waals surface area contributed by atoms with Crippen LogP contribution in [-0.2, 0) is 0 Å². The Morgan fingerprint density at radius 2 is 0.400 bits per heavy atom. The fourth-order valence-corrected chi connectivity index (χ4v) is 0. The van der Waals surface area contributed by atoms with Crippen molar-refractivity contribution in [1.82, 2.24) is 0 Å². The Morgan fingerprint density at radius 3 is 0.400 bits per heavy atom. The van der Waals surface area contributed by atoms with E-state index in [-0.39, 0.29) is 75.5 Å². The molecule has 0 saturated heterocycles. The molecule has 0 spiro atoms. The van der Waals surface area contributed by atoms with Gasteiger partial charge in [-0.25, -0.2) is 0 Å². The first-order valence-corrected chi connectivity index (χ1v) is 1.63. The summed E-state index contributed by atoms with van der Waals surface area (Å²) in [6.07, 6.45) is 0. The Morgan fingerprint density at radius 1 is 0.400 bits per heavy atom. The SMILES string of the molecule is C[O-].C[O-].C[O-].C[O-].[Ca+2].[Ca+2]. The average Bonchev–Trinajstić information content (AvgIpc) is 2.03. The summed E-state index contributed by atoms with van der Waals surface area (Å²) in [5.74, 6) is 0. The topological polar surface area (TPSA) is 92.2 Å². The van der Waals surface area contributed by atoms with Gasteiger partial charge < -0.3 is 20.4 Å². The molecule has 0 aromatic rings. The molecule has 0 saturated carbocycles. The van der Waals surface area contributed by atoms with Crippen molar-refractivity contribution in [2.45, 2.75) is 0 Å². The van der Waals surface area contributed by atoms with Gasteiger partial charge in [0.15, 0.2) is 0 Å². The zero-order valence-corrected chi connectivity index (χ0v) is 11.5. The van der Waals surface area contributed by atoms with E-state index >= 15 is 0 Å². The molecule has 0 N–H and O–H groups in total. The molecule has 4 nitrogen and oxygen atoms in total. The van der Waals surface area contributed by atoms with E-state index in [1.165, 1.54) is 0 Å². The summed E-state index contributed by atoms with van der Waals surface area (Å²) in [7, 11) is 3.00. The van der Waals surface area contributed by atoms with Gasteiger partial charge in [-0.2, -0.15) is 28.4 Å². The molecule has 0 aliphatic carbocycles. The molecule has 0 radical (unpaired) electrons. The van der Waals surface area contributed by atoms with Crippen LogP contribution < -0.4 is 20.4 Å². The van der Waals surface area contributed by atoms with Gasteiger partial charge in [-0.05, 0) is 0 Å². The van der Waals surface area contributed by atoms with Crippen LogP contribution in [0.2, 0.25) is 0 Å². The van der Waals surface area contributed by atoms with Crippen molar-refractivity contribution in [1.29, 1.82) is 0 Å². The second-order valence-electron chi connectivity index (χ2n) is 0. The smallest absolute Gasteiger partial charge is 0.857 e. The van der Waals surface area contributed by atoms with E-state index in [9.17, 15) is 0 Å². The molecule has 56 valence electrons. The molecule has 0 atom stereocenters. The third kappa shape index (κ3) is 163. The zero-order chi connectivity index (χ0) is 8.00. The standard InChI is InChI=1S/4CH3O.2Ca/c4*1-2;;/h4*1H3;;/q4*-1;2*+2. The van der Waals surface area contributed by atoms with Crippen LogP contribution in [0.3, 0.4) is 0 Å². The predicted octanol–water partition coefficient (Wildman–Crippen LogP) is -4.86. The molecule has 6 heteroatoms. The molecule has 0 aliphatic rings. The van der Waals surface area contributed by atoms with Crippen molar-refractivity contribution in [2.75, 3.05) is 28.4 Å². The van der Waals surface area contributed by atoms with Gasteiger partial charge in [-0.1, -0.05) is 0 Å². The summed E-state index contributed by atoms with van der Waals surface area (Å²) in [6, 6.07) is 0. The fraction of sp³-hybridized carbons (Fsp3) is 1.00. The van der Waals surface area contributed by atoms with E-state index in [1.807, 2.05) is 0 Å². The first-order chi connectivity index (χ1) is 4.00. The maximum absolute atomic E-state index is 8.25. The summed E-state index contributed by atoms with van der Waals surface area (Å²) >= 11 is 0. The first-order valence-electron chi connectivity index (χ1n) is 1.63. The van der Waals surface area contributed by atoms with Gasteiger partial charge >= 0.3 is 75.5 Å². The second kappa shape index (κ2) is 219. The van der Waals surface area contributed by atoms with Crippen LogP contribution >= 0.6 is 0 Å². The van der Waals surface area contributed by atoms with E-state index < -0.39 is 0 Å². The van der Waals surface area contributed by atoms with Crippen LogP contribution in [0.1, 0.15) is 0 Å². The molecule has 0 unspecified atom stereocenters. The summed E-state index contributed by atoms with van der Waals surface area (Å²) in [5, 5.41) is 33.0. The largest absolute Gasteiger partial charge is 2.00 e. The van der Waals surface area contributed by atoms with Crippen molar-refractivity contribution >= 4 is 75.5 Å². The summed E-state index contributed by atoms with van der Waals surface area (Å²) in [6.45, 7) is 0. The van der Waals surface area contributed by atoms with Crippen LogP contribution in [0.4, 0.5) is 0 Å². The predicted molar refractivity (Wildman–Crippen MR) is 35.2 cm³/mol. The molecule has 0 fully saturated rings. The van der Waals surface area contributed by atoms with Gasteiger partial charge in [0.25, 0.3) is 0 Å². The Hall–Kier alpha value is 2.36. The summed E-state index contributed by atoms with van der Waals surface area (Å²) < 4.78 is 0. The van der Waals surface area contributed by atoms with Gasteiger partial charge in [0.1, 0.15) is 0 Å². The van der Waals surface area contributed by atoms with Crippen molar-refractivity contribution in [3.8, 4) is 0 Å². The van der Waals surface area contributed by atoms with Crippen molar-refractivity contribution in [2.24, 2.45) is 0 Å². The van der Waals surface area contributed by atoms with Gasteiger partial charge in [0, 0.05) is 0 Å². The van der Waals surface area contributed by atoms with Crippen molar-refractivity contribution in [3.63, 3.8) is 0 Å². The number of rotatable bonds is 0. The zero-order valence-electron chi connectivity index (χ0n) is 7.05. The Kier molecular flexibility index (Phi) is 864. The fourth-order valence-electron chi connectivity index (χ4n) is 0. The van der Waals surface area contributed by atoms with Crippen LogP contribution in [-0.4, -0.2) is 104 Å². The second-order valence-corrected chi connectivity index (χ2v) is 0. The third-order valence-electron chi connectivity index (χ3n) is 0. The van der Waals surface area contributed by atoms with Crippen LogP contribution in [0.5, 0.6) is 0 Å². The first kappa shape index (κ1) is 39.4. The molecule has 0 rings (SSSR count). The minimum Gasteiger partial charge on any atom is -0.857 e. The molecular formula is C4H12Ca2O4. The molecular weight excluding hydrogens is 192 g/mol. The van der Waals surface area contributed by atoms with Crippen molar-refractivity contribution < 1.29 is 20.4 Å². The van der Waals surface area contributed by atoms with E-state index in [4.69, 9.17) is 20.4 Å². The van der Waals surface area contributed by atoms with E-state index in [0.717, 1.165) is 28.4 Å². The molecule has 10 heavy (non-hydrogen) atoms. The minimum absolute atomic E-state index is 0. The summed E-state index contributed by atoms with van der Waals surface area (Å²) in [5.41, 5.74) is 0. The third-order valence-corrected chi connectivity index (χ3v) is 0. The van der Waals surface area contributed by atoms with Crippen molar-refractivity contribution in [3.05, 3.63) is 0 Å². The molecule has 0 amide bonds. The van der Waals surface area contributed by atoms with Crippen LogP contribution in [0, 0.1) is 0 Å². The maximum Gasteiger partial charge on any atom is 2.00 e. The van der Waals surface area contributed by atoms with E-state index in [2.05, 4.69) is 0 Å². The van der Waals surface area contributed by atoms with E-state index in [1.54, 1.807) is 0 Å². The van der Waals surface area contributed by atoms with Crippen LogP contribution in [0.25, 0.3) is 0 Å². The van der Waals surface area contributed by atoms with Gasteiger partial charge in [0.05, 0.1) is 0 Å². The minimum atomic E-state index is 0. The number of hydrogen-bond acceptors (Lipinski definition) is 4. The quantitative estimate of drug-likeness (QED) is 0.370. The normalized spacial score (nSPS) is 2.40. The molecule has 0 bridgehead atoms. The average molecular weight is 204 g/mol. The Balaban J connectivity index is -0.00000000500. The van der Waals surface area contributed by atoms with E-state index in [0.29, 0.717) is 0 Å². The molecule has 0 aromatic heterocycles. The maximum atomic E-state index is 8.25. The summed E-state index contributed by atoms with van der Waals surface area (Å²) in [4.78, 5) is 0.